The van der Waals surface area contributed by atoms with Gasteiger partial charge in [0.1, 0.15) is 65.1 Å². The molecule has 3 heterocycles. The van der Waals surface area contributed by atoms with E-state index in [4.69, 9.17) is 26.3 Å². The number of aromatic nitrogens is 6. The van der Waals surface area contributed by atoms with Gasteiger partial charge in [-0.3, -0.25) is 25.0 Å². The quantitative estimate of drug-likeness (QED) is 0.0581. The fourth-order valence-electron chi connectivity index (χ4n) is 6.18. The first kappa shape index (κ1) is 57.7. The Hall–Kier alpha value is -11.2. The third kappa shape index (κ3) is 19.3. The number of benzene rings is 5. The third-order valence-corrected chi connectivity index (χ3v) is 10.1. The number of carbonyl (C=O) groups is 5. The Morgan fingerprint density at radius 3 is 1.26 bits per heavy atom. The van der Waals surface area contributed by atoms with Crippen molar-refractivity contribution < 1.29 is 33.1 Å². The molecule has 0 aliphatic rings. The zero-order valence-electron chi connectivity index (χ0n) is 40.8. The molecule has 8 aromatic rings. The summed E-state index contributed by atoms with van der Waals surface area (Å²) in [6.07, 6.45) is 2.86. The second-order valence-corrected chi connectivity index (χ2v) is 15.6. The van der Waals surface area contributed by atoms with Gasteiger partial charge in [-0.2, -0.15) is 15.8 Å². The molecule has 390 valence electrons. The fraction of sp³-hybridized carbons (Fsp3) is 0.0741. The van der Waals surface area contributed by atoms with Gasteiger partial charge in [0.25, 0.3) is 17.7 Å². The van der Waals surface area contributed by atoms with Crippen LogP contribution in [0.5, 0.6) is 5.75 Å². The first-order valence-electron chi connectivity index (χ1n) is 22.7. The number of nitrogens with zero attached hydrogens (tertiary/aromatic N) is 9. The number of para-hydroxylation sites is 1. The number of nitrogens with two attached hydrogens (primary N) is 1. The van der Waals surface area contributed by atoms with E-state index in [-0.39, 0.29) is 78.3 Å². The molecule has 0 radical (unpaired) electrons. The summed E-state index contributed by atoms with van der Waals surface area (Å²) >= 11 is 0. The number of amides is 6. The maximum Gasteiger partial charge on any atom is 0.418 e. The van der Waals surface area contributed by atoms with E-state index in [0.717, 1.165) is 22.3 Å². The summed E-state index contributed by atoms with van der Waals surface area (Å²) < 4.78 is 18.0. The molecule has 22 nitrogen and oxygen atoms in total. The van der Waals surface area contributed by atoms with Gasteiger partial charge in [-0.25, -0.2) is 43.9 Å². The van der Waals surface area contributed by atoms with Crippen molar-refractivity contribution in [2.75, 3.05) is 16.4 Å². The first-order valence-corrected chi connectivity index (χ1v) is 22.7. The molecule has 0 fully saturated rings. The van der Waals surface area contributed by atoms with Crippen LogP contribution in [-0.4, -0.2) is 59.7 Å². The second-order valence-electron chi connectivity index (χ2n) is 15.6. The highest BCUT2D eigenvalue weighted by Crippen LogP contribution is 2.13. The number of hydrogen-bond acceptors (Lipinski definition) is 16. The van der Waals surface area contributed by atoms with Crippen molar-refractivity contribution >= 4 is 59.7 Å². The van der Waals surface area contributed by atoms with Gasteiger partial charge in [0.05, 0.1) is 34.9 Å². The summed E-state index contributed by atoms with van der Waals surface area (Å²) in [6.45, 7) is 1.09. The topological polar surface area (TPSA) is 341 Å². The number of hydrogen-bond donors (Lipinski definition) is 7. The number of nitrogen functional groups attached to an aromatic ring is 1. The highest BCUT2D eigenvalue weighted by molar-refractivity contribution is 5.95. The van der Waals surface area contributed by atoms with E-state index in [1.165, 1.54) is 49.3 Å². The highest BCUT2D eigenvalue weighted by Gasteiger charge is 2.14. The minimum Gasteiger partial charge on any atom is -0.410 e. The Morgan fingerprint density at radius 2 is 0.846 bits per heavy atom. The summed E-state index contributed by atoms with van der Waals surface area (Å²) in [4.78, 5) is 83.5. The normalized spacial score (nSPS) is 9.72. The minimum absolute atomic E-state index is 0. The lowest BCUT2D eigenvalue weighted by Crippen LogP contribution is -2.29. The minimum atomic E-state index is -0.728. The molecule has 0 spiro atoms. The Balaban J connectivity index is 0.000000219. The smallest absolute Gasteiger partial charge is 0.410 e. The van der Waals surface area contributed by atoms with Gasteiger partial charge < -0.3 is 31.7 Å². The van der Waals surface area contributed by atoms with Crippen LogP contribution >= 0.6 is 12.4 Å². The number of rotatable bonds is 14. The summed E-state index contributed by atoms with van der Waals surface area (Å²) in [5, 5.41) is 42.0. The van der Waals surface area contributed by atoms with Crippen molar-refractivity contribution in [2.45, 2.75) is 26.2 Å². The van der Waals surface area contributed by atoms with Crippen molar-refractivity contribution in [3.8, 4) is 24.0 Å². The number of halogens is 2. The van der Waals surface area contributed by atoms with Crippen molar-refractivity contribution in [2.24, 2.45) is 0 Å². The van der Waals surface area contributed by atoms with E-state index in [9.17, 15) is 28.4 Å². The molecule has 8 rings (SSSR count). The van der Waals surface area contributed by atoms with E-state index in [0.29, 0.717) is 29.0 Å². The molecule has 0 aliphatic heterocycles. The van der Waals surface area contributed by atoms with Crippen LogP contribution in [0.15, 0.2) is 165 Å². The van der Waals surface area contributed by atoms with Crippen LogP contribution in [0.25, 0.3) is 0 Å². The molecule has 0 atom stereocenters. The predicted molar refractivity (Wildman–Crippen MR) is 283 cm³/mol. The van der Waals surface area contributed by atoms with Crippen molar-refractivity contribution in [1.29, 1.82) is 15.8 Å². The second kappa shape index (κ2) is 30.1. The zero-order chi connectivity index (χ0) is 54.8. The molecule has 8 N–H and O–H groups in total. The summed E-state index contributed by atoms with van der Waals surface area (Å²) in [5.74, 6) is -0.604. The molecular weight excluding hydrogens is 1020 g/mol. The van der Waals surface area contributed by atoms with Gasteiger partial charge in [0.2, 0.25) is 0 Å². The van der Waals surface area contributed by atoms with Crippen LogP contribution in [-0.2, 0) is 26.2 Å². The monoisotopic (exact) mass is 1070 g/mol. The lowest BCUT2D eigenvalue weighted by molar-refractivity contribution is 0.0938. The molecular formula is C54H44ClFN16O6. The Morgan fingerprint density at radius 1 is 0.474 bits per heavy atom. The van der Waals surface area contributed by atoms with E-state index in [2.05, 4.69) is 61.8 Å². The molecule has 0 saturated carbocycles. The fourth-order valence-corrected chi connectivity index (χ4v) is 6.18. The van der Waals surface area contributed by atoms with Gasteiger partial charge in [0.15, 0.2) is 0 Å². The number of carbonyl (C=O) groups excluding carboxylic acids is 5. The number of nitriles is 3. The average molecular weight is 1070 g/mol. The molecule has 24 heteroatoms. The number of ether oxygens (including phenoxy) is 1. The van der Waals surface area contributed by atoms with Crippen molar-refractivity contribution in [3.05, 3.63) is 226 Å². The lowest BCUT2D eigenvalue weighted by atomic mass is 10.1. The molecule has 0 unspecified atom stereocenters. The van der Waals surface area contributed by atoms with Crippen molar-refractivity contribution in [3.63, 3.8) is 0 Å². The van der Waals surface area contributed by atoms with Gasteiger partial charge in [0, 0.05) is 44.4 Å². The average Bonchev–Trinajstić information content (AvgIpc) is 3.46. The number of nitrogens with one attached hydrogen (secondary N) is 6. The molecule has 0 saturated heterocycles. The van der Waals surface area contributed by atoms with E-state index < -0.39 is 23.9 Å². The maximum absolute atomic E-state index is 12.9. The Kier molecular flexibility index (Phi) is 22.3. The molecule has 0 bridgehead atoms. The molecule has 0 aliphatic carbocycles. The molecule has 3 aromatic heterocycles. The Labute approximate surface area is 451 Å². The summed E-state index contributed by atoms with van der Waals surface area (Å²) in [7, 11) is 0. The van der Waals surface area contributed by atoms with Crippen LogP contribution in [0.4, 0.5) is 31.4 Å². The van der Waals surface area contributed by atoms with Crippen LogP contribution in [0, 0.1) is 39.8 Å². The van der Waals surface area contributed by atoms with Gasteiger partial charge in [-0.05, 0) is 82.9 Å². The first-order chi connectivity index (χ1) is 37.4. The summed E-state index contributed by atoms with van der Waals surface area (Å²) in [6, 6.07) is 44.6. The summed E-state index contributed by atoms with van der Waals surface area (Å²) in [5.41, 5.74) is 10.8. The van der Waals surface area contributed by atoms with Gasteiger partial charge in [-0.15, -0.1) is 12.4 Å². The largest absolute Gasteiger partial charge is 0.418 e. The standard InChI is InChI=1S/C21H17FN6O2.C20H15N5O3.C13H11N5O.ClH/c22-17-7-5-16(6-8-17)12-25-21(30)28-19-9-18(26-13-27-19)20(29)24-11-15-3-1-14(10-23)2-4-15;21-11-14-6-8-15(9-7-14)12-22-19(26)17-10-18(24-13-23-17)25-20(27)28-16-4-2-1-3-5-16;14-6-9-1-3-10(4-2-9)7-16-13(19)11-5-12(15)18-8-17-11;/h1-9,13H,11-12H2,(H,24,29)(H2,25,26,27,28,30);1-10,13H,12H2,(H,22,26)(H,23,24,25,27);1-5,8H,7H2,(H,16,19)(H2,15,17,18);1H. The van der Waals surface area contributed by atoms with Crippen molar-refractivity contribution in [1.82, 2.24) is 51.2 Å². The van der Waals surface area contributed by atoms with E-state index in [1.807, 2.05) is 18.2 Å². The predicted octanol–water partition coefficient (Wildman–Crippen LogP) is 6.91. The third-order valence-electron chi connectivity index (χ3n) is 10.1. The highest BCUT2D eigenvalue weighted by atomic mass is 35.5. The lowest BCUT2D eigenvalue weighted by Gasteiger charge is -2.08. The van der Waals surface area contributed by atoms with Crippen LogP contribution < -0.4 is 42.4 Å². The molecule has 6 amide bonds. The maximum atomic E-state index is 12.9. The number of anilines is 3. The number of urea groups is 1. The Bertz CT molecular complexity index is 3450. The van der Waals surface area contributed by atoms with Crippen LogP contribution in [0.2, 0.25) is 0 Å². The van der Waals surface area contributed by atoms with Gasteiger partial charge in [-0.1, -0.05) is 66.7 Å². The SMILES string of the molecule is Cl.N#Cc1ccc(CNC(=O)c2cc(N)ncn2)cc1.N#Cc1ccc(CNC(=O)c2cc(NC(=O)NCc3ccc(F)cc3)ncn2)cc1.N#Cc1ccc(CNC(=O)c2cc(NC(=O)Oc3ccccc3)ncn2)cc1. The molecule has 5 aromatic carbocycles. The van der Waals surface area contributed by atoms with Gasteiger partial charge >= 0.3 is 12.1 Å². The van der Waals surface area contributed by atoms with Crippen LogP contribution in [0.3, 0.4) is 0 Å². The van der Waals surface area contributed by atoms with Crippen LogP contribution in [0.1, 0.15) is 70.4 Å². The van der Waals surface area contributed by atoms with E-state index in [1.54, 1.807) is 115 Å². The zero-order valence-corrected chi connectivity index (χ0v) is 41.6. The van der Waals surface area contributed by atoms with E-state index >= 15 is 0 Å². The molecule has 78 heavy (non-hydrogen) atoms.